The molecule has 0 unspecified atom stereocenters. The molecule has 0 aliphatic carbocycles. The maximum atomic E-state index is 12.2. The van der Waals surface area contributed by atoms with E-state index in [0.717, 1.165) is 0 Å². The van der Waals surface area contributed by atoms with Crippen LogP contribution in [0, 0.1) is 0 Å². The van der Waals surface area contributed by atoms with E-state index in [9.17, 15) is 115 Å². The molecule has 0 spiro atoms. The average Bonchev–Trinajstić information content (AvgIpc) is 2.54. The van der Waals surface area contributed by atoms with E-state index in [2.05, 4.69) is 4.99 Å². The zero-order valence-corrected chi connectivity index (χ0v) is 25.6. The van der Waals surface area contributed by atoms with Crippen molar-refractivity contribution in [1.82, 2.24) is 5.32 Å². The molecule has 0 atom stereocenters. The van der Waals surface area contributed by atoms with Crippen molar-refractivity contribution in [2.75, 3.05) is 0 Å². The molecule has 0 heterocycles. The first kappa shape index (κ1) is 41.0. The Morgan fingerprint density at radius 3 is 1.12 bits per heavy atom. The number of nitrogens with one attached hydrogen (secondary N) is 1. The second-order valence-corrected chi connectivity index (χ2v) is 22.8. The van der Waals surface area contributed by atoms with Crippen molar-refractivity contribution in [1.29, 1.82) is 0 Å². The lowest BCUT2D eigenvalue weighted by molar-refractivity contribution is 0.254. The molecule has 0 amide bonds. The molecule has 0 aromatic heterocycles. The Morgan fingerprint density at radius 1 is 0.600 bits per heavy atom. The third-order valence-corrected chi connectivity index (χ3v) is 19.0. The number of rotatable bonds is 14. The standard InChI is InChI=1S/C6H22N2O24P8/c9-33(10,11)3(34(12,13)14)7-5(37(21,22)23,38(24,25)26)1-2-6(39(27,28)29,40(30,31)32)8-4(35(15,16)17)36(18,19)20/h3,7,15-17H,1-2H2,(H13-,9,10,11,12,13,14,18,19,20,21,22,23,24,25,26,27,28,29,30,31,32)/p+1. The summed E-state index contributed by atoms with van der Waals surface area (Å²) in [4.78, 5) is 162. The molecule has 0 radical (unpaired) electrons. The topological polar surface area (TPSA) is 488 Å². The summed E-state index contributed by atoms with van der Waals surface area (Å²) in [5.74, 6) is 0. The molecule has 0 aliphatic rings. The summed E-state index contributed by atoms with van der Waals surface area (Å²) in [6, 6.07) is 0. The summed E-state index contributed by atoms with van der Waals surface area (Å²) in [7, 11) is -53.4. The van der Waals surface area contributed by atoms with Gasteiger partial charge >= 0.3 is 66.3 Å². The number of nitrogens with zero attached hydrogens (tertiary/aromatic N) is 1. The van der Waals surface area contributed by atoms with Crippen LogP contribution in [0.25, 0.3) is 0 Å². The van der Waals surface area contributed by atoms with Gasteiger partial charge in [-0.15, -0.1) is 0 Å². The molecular formula is C6H23N2O24P8+. The van der Waals surface area contributed by atoms with Gasteiger partial charge in [0.1, 0.15) is 0 Å². The molecule has 40 heavy (non-hydrogen) atoms. The van der Waals surface area contributed by atoms with Crippen molar-refractivity contribution in [3.05, 3.63) is 0 Å². The Bertz CT molecular complexity index is 1250. The molecule has 0 saturated heterocycles. The first-order valence-corrected chi connectivity index (χ1v) is 21.8. The fourth-order valence-corrected chi connectivity index (χ4v) is 13.2. The quantitative estimate of drug-likeness (QED) is 0.0599. The van der Waals surface area contributed by atoms with Crippen LogP contribution in [0.15, 0.2) is 4.99 Å². The van der Waals surface area contributed by atoms with E-state index in [1.807, 2.05) is 0 Å². The van der Waals surface area contributed by atoms with Crippen LogP contribution < -0.4 is 5.32 Å². The van der Waals surface area contributed by atoms with Gasteiger partial charge in [0.2, 0.25) is 10.5 Å². The van der Waals surface area contributed by atoms with Gasteiger partial charge in [0.05, 0.1) is 0 Å². The highest BCUT2D eigenvalue weighted by molar-refractivity contribution is 8.00. The largest absolute Gasteiger partial charge is 0.469 e. The van der Waals surface area contributed by atoms with Crippen LogP contribution in [0.4, 0.5) is 0 Å². The summed E-state index contributed by atoms with van der Waals surface area (Å²) < 4.78 is 83.6. The minimum Gasteiger partial charge on any atom is -0.323 e. The zero-order valence-electron chi connectivity index (χ0n) is 18.5. The zero-order chi connectivity index (χ0) is 33.0. The molecule has 240 valence electrons. The van der Waals surface area contributed by atoms with Gasteiger partial charge in [-0.3, -0.25) is 32.7 Å². The van der Waals surface area contributed by atoms with E-state index in [4.69, 9.17) is 0 Å². The molecule has 0 fully saturated rings. The molecule has 34 heteroatoms. The highest BCUT2D eigenvalue weighted by atomic mass is 31.3. The molecule has 0 rings (SSSR count). The van der Waals surface area contributed by atoms with Crippen LogP contribution in [0.5, 0.6) is 0 Å². The van der Waals surface area contributed by atoms with E-state index in [1.165, 1.54) is 0 Å². The Morgan fingerprint density at radius 2 is 0.925 bits per heavy atom. The Kier molecular flexibility index (Phi) is 12.4. The molecular weight excluding hydrogens is 732 g/mol. The lowest BCUT2D eigenvalue weighted by atomic mass is 10.3. The van der Waals surface area contributed by atoms with Crippen LogP contribution in [0.2, 0.25) is 0 Å². The van der Waals surface area contributed by atoms with Gasteiger partial charge in [-0.1, -0.05) is 0 Å². The van der Waals surface area contributed by atoms with Crippen molar-refractivity contribution in [2.24, 2.45) is 4.99 Å². The maximum Gasteiger partial charge on any atom is 0.469 e. The average molecular weight is 755 g/mol. The summed E-state index contributed by atoms with van der Waals surface area (Å²) in [6.07, 6.45) is -5.27. The third kappa shape index (κ3) is 9.25. The van der Waals surface area contributed by atoms with Crippen molar-refractivity contribution in [3.63, 3.8) is 0 Å². The number of hydrogen-bond donors (Lipinski definition) is 18. The van der Waals surface area contributed by atoms with Crippen molar-refractivity contribution in [3.8, 4) is 0 Å². The van der Waals surface area contributed by atoms with Gasteiger partial charge in [0, 0.05) is 0 Å². The van der Waals surface area contributed by atoms with Crippen molar-refractivity contribution >= 4 is 66.3 Å². The predicted octanol–water partition coefficient (Wildman–Crippen LogP) is -3.71. The van der Waals surface area contributed by atoms with Gasteiger partial charge in [0.15, 0.2) is 0 Å². The highest BCUT2D eigenvalue weighted by Crippen LogP contribution is 2.77. The van der Waals surface area contributed by atoms with Crippen molar-refractivity contribution < 1.29 is 115 Å². The van der Waals surface area contributed by atoms with Gasteiger partial charge in [0.25, 0.3) is 5.02 Å². The van der Waals surface area contributed by atoms with E-state index >= 15 is 0 Å². The molecule has 18 N–H and O–H groups in total. The minimum absolute atomic E-state index is 0.615. The molecule has 0 aliphatic heterocycles. The van der Waals surface area contributed by atoms with Crippen LogP contribution in [-0.4, -0.2) is 104 Å². The first-order chi connectivity index (χ1) is 16.9. The second-order valence-electron chi connectivity index (χ2n) is 7.49. The summed E-state index contributed by atoms with van der Waals surface area (Å²) >= 11 is 0. The molecule has 0 saturated carbocycles. The Labute approximate surface area is 220 Å². The SMILES string of the molecule is O=P(O)(O)C(=NC(CCC(NC(P(=O)(O)O)P(=O)(O)O)(P(=O)(O)O)P(=O)(O)O)(P(=O)(O)O)P(=O)(O)O)[P+](O)(O)O. The highest BCUT2D eigenvalue weighted by Gasteiger charge is 2.69. The van der Waals surface area contributed by atoms with Crippen LogP contribution in [-0.2, 0) is 32.0 Å². The lowest BCUT2D eigenvalue weighted by Crippen LogP contribution is -2.50. The maximum absolute atomic E-state index is 12.2. The summed E-state index contributed by atoms with van der Waals surface area (Å²) in [5, 5.41) is -12.0. The molecule has 26 nitrogen and oxygen atoms in total. The number of aliphatic imine (C=N–C) groups is 1. The molecule has 0 bridgehead atoms. The Balaban J connectivity index is 7.97. The van der Waals surface area contributed by atoms with Gasteiger partial charge < -0.3 is 68.5 Å². The lowest BCUT2D eigenvalue weighted by Gasteiger charge is -2.40. The number of hydrogen-bond acceptors (Lipinski definition) is 12. The van der Waals surface area contributed by atoms with E-state index in [1.54, 1.807) is 0 Å². The normalized spacial score (nSPS) is 16.5. The second kappa shape index (κ2) is 12.1. The monoisotopic (exact) mass is 755 g/mol. The first-order valence-electron chi connectivity index (χ1n) is 8.73. The minimum atomic E-state index is -6.96. The van der Waals surface area contributed by atoms with Crippen LogP contribution in [0.3, 0.4) is 0 Å². The third-order valence-electron chi connectivity index (χ3n) is 4.51. The fraction of sp³-hybridized carbons (Fsp3) is 0.833. The van der Waals surface area contributed by atoms with E-state index in [0.29, 0.717) is 5.32 Å². The van der Waals surface area contributed by atoms with E-state index in [-0.39, 0.29) is 0 Å². The smallest absolute Gasteiger partial charge is 0.323 e. The Hall–Kier alpha value is 0.990. The summed E-state index contributed by atoms with van der Waals surface area (Å²) in [6.45, 7) is 0. The van der Waals surface area contributed by atoms with Gasteiger partial charge in [-0.25, -0.2) is 9.56 Å². The van der Waals surface area contributed by atoms with Gasteiger partial charge in [-0.05, 0) is 12.8 Å². The van der Waals surface area contributed by atoms with Crippen molar-refractivity contribution in [2.45, 2.75) is 28.4 Å². The van der Waals surface area contributed by atoms with E-state index < -0.39 is 94.7 Å². The van der Waals surface area contributed by atoms with Crippen LogP contribution >= 0.6 is 61.1 Å². The fourth-order valence-electron chi connectivity index (χ4n) is 2.73. The summed E-state index contributed by atoms with van der Waals surface area (Å²) in [5.41, 5.74) is -3.93. The van der Waals surface area contributed by atoms with Gasteiger partial charge in [-0.2, -0.15) is 14.7 Å². The molecule has 0 aromatic rings. The predicted molar refractivity (Wildman–Crippen MR) is 127 cm³/mol. The van der Waals surface area contributed by atoms with Crippen LogP contribution in [0.1, 0.15) is 12.8 Å². The molecule has 0 aromatic carbocycles.